The topological polar surface area (TPSA) is 76.7 Å². The van der Waals surface area contributed by atoms with Gasteiger partial charge in [0.15, 0.2) is 0 Å². The quantitative estimate of drug-likeness (QED) is 0.785. The molecule has 0 aromatic heterocycles. The fraction of sp³-hybridized carbons (Fsp3) is 0.444. The molecule has 1 unspecified atom stereocenters. The van der Waals surface area contributed by atoms with Crippen LogP contribution in [0.25, 0.3) is 0 Å². The molecule has 0 saturated heterocycles. The Balaban J connectivity index is 2.34. The van der Waals surface area contributed by atoms with Gasteiger partial charge in [0.2, 0.25) is 0 Å². The van der Waals surface area contributed by atoms with E-state index >= 15 is 0 Å². The second kappa shape index (κ2) is 7.86. The summed E-state index contributed by atoms with van der Waals surface area (Å²) in [4.78, 5) is 24.4. The maximum absolute atomic E-state index is 12.5. The monoisotopic (exact) mass is 332 g/mol. The number of allylic oxidation sites excluding steroid dienone is 1. The molecule has 2 N–H and O–H groups in total. The standard InChI is InChI=1S/C18H24N2O4/c1-5-23-14-8-6-7-13(9-14)16-15(12(4)19-18(22)20-16)17(21)24-10-11(2)3/h6-9,11,16H,5,10H2,1-4H3,(H2,19,20,22). The van der Waals surface area contributed by atoms with Crippen molar-refractivity contribution in [2.24, 2.45) is 5.92 Å². The van der Waals surface area contributed by atoms with Gasteiger partial charge in [-0.15, -0.1) is 0 Å². The number of esters is 1. The Labute approximate surface area is 142 Å². The highest BCUT2D eigenvalue weighted by Crippen LogP contribution is 2.29. The molecule has 1 aliphatic rings. The van der Waals surface area contributed by atoms with Crippen molar-refractivity contribution in [1.29, 1.82) is 0 Å². The minimum atomic E-state index is -0.571. The molecule has 1 heterocycles. The van der Waals surface area contributed by atoms with Crippen molar-refractivity contribution in [3.8, 4) is 5.75 Å². The van der Waals surface area contributed by atoms with Crippen molar-refractivity contribution in [2.45, 2.75) is 33.7 Å². The van der Waals surface area contributed by atoms with Crippen molar-refractivity contribution < 1.29 is 19.1 Å². The average Bonchev–Trinajstić information content (AvgIpc) is 2.52. The molecule has 2 rings (SSSR count). The molecule has 1 aliphatic heterocycles. The van der Waals surface area contributed by atoms with Gasteiger partial charge in [0, 0.05) is 5.70 Å². The number of nitrogens with one attached hydrogen (secondary N) is 2. The average molecular weight is 332 g/mol. The summed E-state index contributed by atoms with van der Waals surface area (Å²) in [5.41, 5.74) is 1.68. The zero-order valence-electron chi connectivity index (χ0n) is 14.5. The van der Waals surface area contributed by atoms with Crippen molar-refractivity contribution in [3.63, 3.8) is 0 Å². The highest BCUT2D eigenvalue weighted by molar-refractivity contribution is 5.95. The van der Waals surface area contributed by atoms with Gasteiger partial charge in [-0.25, -0.2) is 9.59 Å². The zero-order valence-corrected chi connectivity index (χ0v) is 14.5. The molecule has 0 bridgehead atoms. The third-order valence-electron chi connectivity index (χ3n) is 3.54. The molecular weight excluding hydrogens is 308 g/mol. The van der Waals surface area contributed by atoms with Crippen LogP contribution in [-0.4, -0.2) is 25.2 Å². The van der Waals surface area contributed by atoms with E-state index < -0.39 is 12.0 Å². The van der Waals surface area contributed by atoms with Crippen LogP contribution in [0.15, 0.2) is 35.5 Å². The highest BCUT2D eigenvalue weighted by Gasteiger charge is 2.32. The van der Waals surface area contributed by atoms with E-state index in [9.17, 15) is 9.59 Å². The van der Waals surface area contributed by atoms with Crippen molar-refractivity contribution in [2.75, 3.05) is 13.2 Å². The molecule has 0 fully saturated rings. The van der Waals surface area contributed by atoms with E-state index in [1.54, 1.807) is 6.92 Å². The summed E-state index contributed by atoms with van der Waals surface area (Å²) in [6.07, 6.45) is 0. The van der Waals surface area contributed by atoms with Crippen molar-refractivity contribution in [3.05, 3.63) is 41.1 Å². The number of amides is 2. The van der Waals surface area contributed by atoms with E-state index in [1.807, 2.05) is 45.0 Å². The van der Waals surface area contributed by atoms with Crippen LogP contribution in [0.5, 0.6) is 5.75 Å². The van der Waals surface area contributed by atoms with Gasteiger partial charge in [0.25, 0.3) is 0 Å². The van der Waals surface area contributed by atoms with E-state index in [0.717, 1.165) is 5.56 Å². The number of ether oxygens (including phenoxy) is 2. The normalized spacial score (nSPS) is 17.4. The van der Waals surface area contributed by atoms with Gasteiger partial charge in [0.05, 0.1) is 24.8 Å². The van der Waals surface area contributed by atoms with Crippen LogP contribution in [-0.2, 0) is 9.53 Å². The van der Waals surface area contributed by atoms with Gasteiger partial charge in [0.1, 0.15) is 5.75 Å². The summed E-state index contributed by atoms with van der Waals surface area (Å²) < 4.78 is 10.9. The van der Waals surface area contributed by atoms with Gasteiger partial charge < -0.3 is 20.1 Å². The minimum absolute atomic E-state index is 0.237. The summed E-state index contributed by atoms with van der Waals surface area (Å²) in [5, 5.41) is 5.42. The molecular formula is C18H24N2O4. The molecule has 0 saturated carbocycles. The van der Waals surface area contributed by atoms with Gasteiger partial charge in [-0.05, 0) is 37.5 Å². The van der Waals surface area contributed by atoms with Crippen LogP contribution in [0.2, 0.25) is 0 Å². The Bertz CT molecular complexity index is 652. The lowest BCUT2D eigenvalue weighted by atomic mass is 9.95. The summed E-state index contributed by atoms with van der Waals surface area (Å²) >= 11 is 0. The number of rotatable bonds is 6. The summed E-state index contributed by atoms with van der Waals surface area (Å²) in [5.74, 6) is 0.497. The summed E-state index contributed by atoms with van der Waals surface area (Å²) in [6.45, 7) is 8.41. The molecule has 1 atom stereocenters. The number of carbonyl (C=O) groups excluding carboxylic acids is 2. The lowest BCUT2D eigenvalue weighted by Crippen LogP contribution is -2.45. The van der Waals surface area contributed by atoms with E-state index in [-0.39, 0.29) is 11.9 Å². The van der Waals surface area contributed by atoms with E-state index in [4.69, 9.17) is 9.47 Å². The summed E-state index contributed by atoms with van der Waals surface area (Å²) in [6, 6.07) is 6.42. The van der Waals surface area contributed by atoms with Crippen LogP contribution in [0.3, 0.4) is 0 Å². The molecule has 130 valence electrons. The Kier molecular flexibility index (Phi) is 5.84. The highest BCUT2D eigenvalue weighted by atomic mass is 16.5. The molecule has 2 amide bonds. The fourth-order valence-electron chi connectivity index (χ4n) is 2.49. The Morgan fingerprint density at radius 3 is 2.75 bits per heavy atom. The molecule has 6 nitrogen and oxygen atoms in total. The molecule has 1 aromatic carbocycles. The third-order valence-corrected chi connectivity index (χ3v) is 3.54. The van der Waals surface area contributed by atoms with Crippen LogP contribution in [0.1, 0.15) is 39.3 Å². The van der Waals surface area contributed by atoms with Gasteiger partial charge in [-0.1, -0.05) is 26.0 Å². The second-order valence-corrected chi connectivity index (χ2v) is 6.07. The second-order valence-electron chi connectivity index (χ2n) is 6.07. The largest absolute Gasteiger partial charge is 0.494 e. The molecule has 24 heavy (non-hydrogen) atoms. The lowest BCUT2D eigenvalue weighted by molar-refractivity contribution is -0.140. The van der Waals surface area contributed by atoms with Crippen LogP contribution < -0.4 is 15.4 Å². The Morgan fingerprint density at radius 1 is 1.33 bits per heavy atom. The molecule has 1 aromatic rings. The third kappa shape index (κ3) is 4.28. The molecule has 0 radical (unpaired) electrons. The van der Waals surface area contributed by atoms with Crippen LogP contribution in [0, 0.1) is 5.92 Å². The van der Waals surface area contributed by atoms with Gasteiger partial charge in [-0.3, -0.25) is 0 Å². The first-order valence-electron chi connectivity index (χ1n) is 8.10. The van der Waals surface area contributed by atoms with Gasteiger partial charge in [-0.2, -0.15) is 0 Å². The predicted octanol–water partition coefficient (Wildman–Crippen LogP) is 2.91. The number of carbonyl (C=O) groups is 2. The number of urea groups is 1. The first-order chi connectivity index (χ1) is 11.4. The SMILES string of the molecule is CCOc1cccc(C2NC(=O)NC(C)=C2C(=O)OCC(C)C)c1. The maximum Gasteiger partial charge on any atom is 0.338 e. The minimum Gasteiger partial charge on any atom is -0.494 e. The molecule has 0 aliphatic carbocycles. The zero-order chi connectivity index (χ0) is 17.7. The van der Waals surface area contributed by atoms with Crippen molar-refractivity contribution >= 4 is 12.0 Å². The number of benzene rings is 1. The van der Waals surface area contributed by atoms with E-state index in [1.165, 1.54) is 0 Å². The molecule has 0 spiro atoms. The fourth-order valence-corrected chi connectivity index (χ4v) is 2.49. The van der Waals surface area contributed by atoms with Gasteiger partial charge >= 0.3 is 12.0 Å². The first-order valence-corrected chi connectivity index (χ1v) is 8.10. The predicted molar refractivity (Wildman–Crippen MR) is 90.5 cm³/mol. The Hall–Kier alpha value is -2.50. The number of hydrogen-bond donors (Lipinski definition) is 2. The van der Waals surface area contributed by atoms with E-state index in [2.05, 4.69) is 10.6 Å². The van der Waals surface area contributed by atoms with Crippen molar-refractivity contribution in [1.82, 2.24) is 10.6 Å². The lowest BCUT2D eigenvalue weighted by Gasteiger charge is -2.28. The van der Waals surface area contributed by atoms with Crippen LogP contribution in [0.4, 0.5) is 4.79 Å². The Morgan fingerprint density at radius 2 is 2.08 bits per heavy atom. The van der Waals surface area contributed by atoms with Crippen LogP contribution >= 0.6 is 0 Å². The maximum atomic E-state index is 12.5. The van der Waals surface area contributed by atoms with E-state index in [0.29, 0.717) is 30.2 Å². The smallest absolute Gasteiger partial charge is 0.338 e. The molecule has 6 heteroatoms. The number of hydrogen-bond acceptors (Lipinski definition) is 4. The summed E-state index contributed by atoms with van der Waals surface area (Å²) in [7, 11) is 0. The first kappa shape index (κ1) is 17.8.